The van der Waals surface area contributed by atoms with Crippen molar-refractivity contribution >= 4 is 29.0 Å². The standard InChI is InChI=1S/C13H18Cl2N2O/c1-2-18-10-5-7-17(8-6-10)13-4-3-11(15)12(9-14)16-13/h3-4,10H,2,5-9H2,1H3. The van der Waals surface area contributed by atoms with Crippen molar-refractivity contribution in [2.45, 2.75) is 31.7 Å². The molecular weight excluding hydrogens is 271 g/mol. The Labute approximate surface area is 118 Å². The zero-order chi connectivity index (χ0) is 13.0. The van der Waals surface area contributed by atoms with Crippen molar-refractivity contribution < 1.29 is 4.74 Å². The summed E-state index contributed by atoms with van der Waals surface area (Å²) >= 11 is 11.8. The molecule has 0 aromatic carbocycles. The molecule has 0 bridgehead atoms. The lowest BCUT2D eigenvalue weighted by molar-refractivity contribution is 0.0458. The molecule has 0 N–H and O–H groups in total. The number of pyridine rings is 1. The first-order valence-electron chi connectivity index (χ1n) is 6.32. The van der Waals surface area contributed by atoms with Crippen LogP contribution >= 0.6 is 23.2 Å². The van der Waals surface area contributed by atoms with Crippen LogP contribution in [0.15, 0.2) is 12.1 Å². The van der Waals surface area contributed by atoms with E-state index in [1.807, 2.05) is 19.1 Å². The summed E-state index contributed by atoms with van der Waals surface area (Å²) in [6, 6.07) is 3.83. The molecule has 0 atom stereocenters. The number of hydrogen-bond acceptors (Lipinski definition) is 3. The summed E-state index contributed by atoms with van der Waals surface area (Å²) in [4.78, 5) is 6.77. The SMILES string of the molecule is CCOC1CCN(c2ccc(Cl)c(CCl)n2)CC1. The van der Waals surface area contributed by atoms with Crippen LogP contribution in [0.2, 0.25) is 5.02 Å². The molecule has 1 fully saturated rings. The Morgan fingerprint density at radius 2 is 2.11 bits per heavy atom. The molecule has 18 heavy (non-hydrogen) atoms. The lowest BCUT2D eigenvalue weighted by Crippen LogP contribution is -2.37. The minimum absolute atomic E-state index is 0.349. The van der Waals surface area contributed by atoms with Gasteiger partial charge in [0.2, 0.25) is 0 Å². The van der Waals surface area contributed by atoms with Crippen LogP contribution in [-0.2, 0) is 10.6 Å². The number of rotatable bonds is 4. The van der Waals surface area contributed by atoms with Gasteiger partial charge >= 0.3 is 0 Å². The fourth-order valence-corrected chi connectivity index (χ4v) is 2.67. The second-order valence-electron chi connectivity index (χ2n) is 4.37. The topological polar surface area (TPSA) is 25.4 Å². The largest absolute Gasteiger partial charge is 0.378 e. The highest BCUT2D eigenvalue weighted by atomic mass is 35.5. The summed E-state index contributed by atoms with van der Waals surface area (Å²) in [7, 11) is 0. The third-order valence-electron chi connectivity index (χ3n) is 3.20. The van der Waals surface area contributed by atoms with Gasteiger partial charge in [-0.05, 0) is 31.9 Å². The lowest BCUT2D eigenvalue weighted by atomic mass is 10.1. The summed E-state index contributed by atoms with van der Waals surface area (Å²) < 4.78 is 5.64. The van der Waals surface area contributed by atoms with Crippen LogP contribution in [0.3, 0.4) is 0 Å². The summed E-state index contributed by atoms with van der Waals surface area (Å²) in [5.74, 6) is 1.31. The van der Waals surface area contributed by atoms with E-state index < -0.39 is 0 Å². The molecule has 0 aliphatic carbocycles. The number of ether oxygens (including phenoxy) is 1. The smallest absolute Gasteiger partial charge is 0.128 e. The van der Waals surface area contributed by atoms with Gasteiger partial charge in [0.1, 0.15) is 5.82 Å². The highest BCUT2D eigenvalue weighted by molar-refractivity contribution is 6.32. The average molecular weight is 289 g/mol. The number of aromatic nitrogens is 1. The van der Waals surface area contributed by atoms with Gasteiger partial charge in [-0.15, -0.1) is 11.6 Å². The van der Waals surface area contributed by atoms with Crippen molar-refractivity contribution in [1.82, 2.24) is 4.98 Å². The van der Waals surface area contributed by atoms with Crippen LogP contribution in [0.1, 0.15) is 25.5 Å². The van der Waals surface area contributed by atoms with E-state index in [4.69, 9.17) is 27.9 Å². The van der Waals surface area contributed by atoms with Crippen molar-refractivity contribution in [3.63, 3.8) is 0 Å². The van der Waals surface area contributed by atoms with Crippen LogP contribution in [-0.4, -0.2) is 30.8 Å². The Bertz CT molecular complexity index is 393. The molecule has 2 heterocycles. The zero-order valence-electron chi connectivity index (χ0n) is 10.5. The number of hydrogen-bond donors (Lipinski definition) is 0. The normalized spacial score (nSPS) is 17.2. The number of halogens is 2. The fraction of sp³-hybridized carbons (Fsp3) is 0.615. The molecule has 1 aliphatic heterocycles. The maximum absolute atomic E-state index is 6.01. The highest BCUT2D eigenvalue weighted by Gasteiger charge is 2.20. The van der Waals surface area contributed by atoms with E-state index in [0.717, 1.165) is 44.0 Å². The second-order valence-corrected chi connectivity index (χ2v) is 5.05. The van der Waals surface area contributed by atoms with Gasteiger partial charge in [-0.1, -0.05) is 11.6 Å². The van der Waals surface area contributed by atoms with Crippen molar-refractivity contribution in [2.24, 2.45) is 0 Å². The molecule has 100 valence electrons. The summed E-state index contributed by atoms with van der Waals surface area (Å²) in [5, 5.41) is 0.637. The minimum Gasteiger partial charge on any atom is -0.378 e. The summed E-state index contributed by atoms with van der Waals surface area (Å²) in [6.07, 6.45) is 2.49. The Morgan fingerprint density at radius 1 is 1.39 bits per heavy atom. The van der Waals surface area contributed by atoms with E-state index in [2.05, 4.69) is 9.88 Å². The second kappa shape index (κ2) is 6.60. The van der Waals surface area contributed by atoms with Crippen molar-refractivity contribution in [1.29, 1.82) is 0 Å². The van der Waals surface area contributed by atoms with Gasteiger partial charge in [-0.3, -0.25) is 0 Å². The molecule has 1 aliphatic rings. The van der Waals surface area contributed by atoms with E-state index in [1.165, 1.54) is 0 Å². The van der Waals surface area contributed by atoms with Crippen LogP contribution in [0, 0.1) is 0 Å². The van der Waals surface area contributed by atoms with Crippen LogP contribution in [0.4, 0.5) is 5.82 Å². The molecule has 0 unspecified atom stereocenters. The fourth-order valence-electron chi connectivity index (χ4n) is 2.23. The van der Waals surface area contributed by atoms with E-state index in [1.54, 1.807) is 0 Å². The first-order valence-corrected chi connectivity index (χ1v) is 7.23. The molecule has 3 nitrogen and oxygen atoms in total. The maximum Gasteiger partial charge on any atom is 0.128 e. The number of alkyl halides is 1. The van der Waals surface area contributed by atoms with Gasteiger partial charge in [0, 0.05) is 19.7 Å². The van der Waals surface area contributed by atoms with Gasteiger partial charge in [0.15, 0.2) is 0 Å². The molecular formula is C13H18Cl2N2O. The molecule has 1 saturated heterocycles. The lowest BCUT2D eigenvalue weighted by Gasteiger charge is -2.32. The Kier molecular flexibility index (Phi) is 5.10. The molecule has 1 aromatic heterocycles. The predicted octanol–water partition coefficient (Wildman–Crippen LogP) is 3.48. The third-order valence-corrected chi connectivity index (χ3v) is 3.80. The highest BCUT2D eigenvalue weighted by Crippen LogP contribution is 2.24. The number of piperidine rings is 1. The molecule has 0 amide bonds. The Morgan fingerprint density at radius 3 is 2.72 bits per heavy atom. The van der Waals surface area contributed by atoms with Crippen molar-refractivity contribution in [2.75, 3.05) is 24.6 Å². The Hall–Kier alpha value is -0.510. The zero-order valence-corrected chi connectivity index (χ0v) is 12.0. The van der Waals surface area contributed by atoms with Gasteiger partial charge in [-0.25, -0.2) is 4.98 Å². The minimum atomic E-state index is 0.349. The third kappa shape index (κ3) is 3.28. The number of anilines is 1. The maximum atomic E-state index is 6.01. The van der Waals surface area contributed by atoms with Gasteiger partial charge in [0.05, 0.1) is 22.7 Å². The molecule has 0 radical (unpaired) electrons. The molecule has 0 spiro atoms. The van der Waals surface area contributed by atoms with E-state index >= 15 is 0 Å². The van der Waals surface area contributed by atoms with E-state index in [0.29, 0.717) is 17.0 Å². The van der Waals surface area contributed by atoms with Crippen LogP contribution in [0.25, 0.3) is 0 Å². The van der Waals surface area contributed by atoms with Crippen molar-refractivity contribution in [3.8, 4) is 0 Å². The Balaban J connectivity index is 2.01. The average Bonchev–Trinajstić information content (AvgIpc) is 2.41. The molecule has 5 heteroatoms. The predicted molar refractivity (Wildman–Crippen MR) is 75.7 cm³/mol. The van der Waals surface area contributed by atoms with Gasteiger partial charge in [-0.2, -0.15) is 0 Å². The van der Waals surface area contributed by atoms with Crippen LogP contribution < -0.4 is 4.90 Å². The molecule has 1 aromatic rings. The summed E-state index contributed by atoms with van der Waals surface area (Å²) in [5.41, 5.74) is 0.753. The van der Waals surface area contributed by atoms with E-state index in [-0.39, 0.29) is 0 Å². The van der Waals surface area contributed by atoms with Gasteiger partial charge in [0.25, 0.3) is 0 Å². The number of nitrogens with zero attached hydrogens (tertiary/aromatic N) is 2. The first kappa shape index (κ1) is 13.9. The van der Waals surface area contributed by atoms with Crippen LogP contribution in [0.5, 0.6) is 0 Å². The van der Waals surface area contributed by atoms with E-state index in [9.17, 15) is 0 Å². The first-order chi connectivity index (χ1) is 8.74. The summed E-state index contributed by atoms with van der Waals surface area (Å²) in [6.45, 7) is 4.78. The quantitative estimate of drug-likeness (QED) is 0.793. The molecule has 0 saturated carbocycles. The van der Waals surface area contributed by atoms with Crippen molar-refractivity contribution in [3.05, 3.63) is 22.8 Å². The van der Waals surface area contributed by atoms with Gasteiger partial charge < -0.3 is 9.64 Å². The molecule has 2 rings (SSSR count). The monoisotopic (exact) mass is 288 g/mol.